The molecule has 0 aromatic heterocycles. The summed E-state index contributed by atoms with van der Waals surface area (Å²) in [6, 6.07) is -0.364. The van der Waals surface area contributed by atoms with Crippen LogP contribution in [0.5, 0.6) is 0 Å². The molecule has 1 fully saturated rings. The average Bonchev–Trinajstić information content (AvgIpc) is 1.97. The van der Waals surface area contributed by atoms with Gasteiger partial charge in [0.15, 0.2) is 6.04 Å². The standard InChI is InChI=1S/C6H14N2O3/c7-2-1-3(9)5(10)6(11)4(2)8/h2-6,9-11H,1,7-8H2/p+2/t2-,3-,4+,5-,6-/m0/s1. The quantitative estimate of drug-likeness (QED) is 0.249. The van der Waals surface area contributed by atoms with E-state index in [-0.39, 0.29) is 12.1 Å². The Kier molecular flexibility index (Phi) is 2.46. The maximum absolute atomic E-state index is 9.27. The number of aliphatic hydroxyl groups is 3. The van der Waals surface area contributed by atoms with E-state index in [1.807, 2.05) is 0 Å². The minimum absolute atomic E-state index is 0.0802. The normalized spacial score (nSPS) is 52.6. The highest BCUT2D eigenvalue weighted by Crippen LogP contribution is 2.15. The van der Waals surface area contributed by atoms with Gasteiger partial charge in [0.25, 0.3) is 0 Å². The third kappa shape index (κ3) is 1.52. The lowest BCUT2D eigenvalue weighted by Gasteiger charge is -2.32. The van der Waals surface area contributed by atoms with Crippen molar-refractivity contribution in [3.05, 3.63) is 0 Å². The maximum Gasteiger partial charge on any atom is 0.165 e. The lowest BCUT2D eigenvalue weighted by atomic mass is 9.85. The molecule has 0 bridgehead atoms. The Labute approximate surface area is 64.6 Å². The molecule has 11 heavy (non-hydrogen) atoms. The van der Waals surface area contributed by atoms with Crippen LogP contribution in [-0.2, 0) is 0 Å². The molecule has 0 amide bonds. The second kappa shape index (κ2) is 3.04. The molecule has 0 saturated heterocycles. The zero-order valence-corrected chi connectivity index (χ0v) is 6.35. The maximum atomic E-state index is 9.27. The number of hydrogen-bond donors (Lipinski definition) is 5. The Bertz CT molecular complexity index is 130. The first-order valence-corrected chi connectivity index (χ1v) is 3.74. The number of quaternary nitrogens is 2. The van der Waals surface area contributed by atoms with Gasteiger partial charge in [-0.25, -0.2) is 0 Å². The van der Waals surface area contributed by atoms with Crippen molar-refractivity contribution in [2.24, 2.45) is 0 Å². The summed E-state index contributed by atoms with van der Waals surface area (Å²) in [6.45, 7) is 0. The smallest absolute Gasteiger partial charge is 0.165 e. The molecule has 66 valence electrons. The molecule has 5 nitrogen and oxygen atoms in total. The highest BCUT2D eigenvalue weighted by atomic mass is 16.4. The molecular weight excluding hydrogens is 148 g/mol. The van der Waals surface area contributed by atoms with E-state index in [1.54, 1.807) is 0 Å². The van der Waals surface area contributed by atoms with E-state index in [1.165, 1.54) is 0 Å². The molecule has 1 rings (SSSR count). The Morgan fingerprint density at radius 2 is 1.55 bits per heavy atom. The highest BCUT2D eigenvalue weighted by Gasteiger charge is 2.43. The molecule has 0 aromatic carbocycles. The van der Waals surface area contributed by atoms with Gasteiger partial charge in [0, 0.05) is 6.42 Å². The van der Waals surface area contributed by atoms with Crippen LogP contribution < -0.4 is 11.5 Å². The van der Waals surface area contributed by atoms with Crippen LogP contribution in [0.25, 0.3) is 0 Å². The van der Waals surface area contributed by atoms with Crippen LogP contribution in [0.2, 0.25) is 0 Å². The van der Waals surface area contributed by atoms with E-state index in [0.717, 1.165) is 0 Å². The Morgan fingerprint density at radius 3 is 2.09 bits per heavy atom. The fourth-order valence-corrected chi connectivity index (χ4v) is 1.38. The Balaban J connectivity index is 2.63. The van der Waals surface area contributed by atoms with E-state index >= 15 is 0 Å². The second-order valence-corrected chi connectivity index (χ2v) is 3.21. The van der Waals surface area contributed by atoms with Crippen molar-refractivity contribution in [1.82, 2.24) is 0 Å². The van der Waals surface area contributed by atoms with E-state index < -0.39 is 18.3 Å². The topological polar surface area (TPSA) is 116 Å². The van der Waals surface area contributed by atoms with Crippen molar-refractivity contribution < 1.29 is 26.8 Å². The number of aliphatic hydroxyl groups excluding tert-OH is 3. The van der Waals surface area contributed by atoms with Crippen LogP contribution in [0.1, 0.15) is 6.42 Å². The molecule has 5 heteroatoms. The van der Waals surface area contributed by atoms with Gasteiger partial charge < -0.3 is 26.8 Å². The zero-order valence-electron chi connectivity index (χ0n) is 6.35. The summed E-state index contributed by atoms with van der Waals surface area (Å²) in [4.78, 5) is 0. The lowest BCUT2D eigenvalue weighted by molar-refractivity contribution is -0.551. The predicted octanol–water partition coefficient (Wildman–Crippen LogP) is -4.31. The first-order valence-electron chi connectivity index (χ1n) is 3.74. The highest BCUT2D eigenvalue weighted by molar-refractivity contribution is 4.90. The van der Waals surface area contributed by atoms with Crippen molar-refractivity contribution in [3.8, 4) is 0 Å². The van der Waals surface area contributed by atoms with Crippen molar-refractivity contribution in [1.29, 1.82) is 0 Å². The third-order valence-electron chi connectivity index (χ3n) is 2.33. The summed E-state index contributed by atoms with van der Waals surface area (Å²) in [5, 5.41) is 27.6. The van der Waals surface area contributed by atoms with Crippen LogP contribution in [-0.4, -0.2) is 45.7 Å². The van der Waals surface area contributed by atoms with Gasteiger partial charge >= 0.3 is 0 Å². The Morgan fingerprint density at radius 1 is 1.00 bits per heavy atom. The monoisotopic (exact) mass is 164 g/mol. The molecule has 0 unspecified atom stereocenters. The molecular formula is C6H16N2O3+2. The fraction of sp³-hybridized carbons (Fsp3) is 1.00. The molecule has 0 aromatic rings. The van der Waals surface area contributed by atoms with Crippen molar-refractivity contribution in [2.45, 2.75) is 36.8 Å². The summed E-state index contributed by atoms with van der Waals surface area (Å²) in [6.07, 6.45) is -2.45. The molecule has 1 saturated carbocycles. The first-order chi connectivity index (χ1) is 5.04. The van der Waals surface area contributed by atoms with E-state index in [9.17, 15) is 5.11 Å². The molecule has 1 aliphatic carbocycles. The van der Waals surface area contributed by atoms with Crippen LogP contribution in [0.15, 0.2) is 0 Å². The van der Waals surface area contributed by atoms with Gasteiger partial charge in [-0.15, -0.1) is 0 Å². The summed E-state index contributed by atoms with van der Waals surface area (Å²) in [5.74, 6) is 0. The molecule has 0 heterocycles. The van der Waals surface area contributed by atoms with Gasteiger partial charge in [-0.2, -0.15) is 0 Å². The Hall–Kier alpha value is -0.200. The summed E-state index contributed by atoms with van der Waals surface area (Å²) in [5.41, 5.74) is 7.38. The van der Waals surface area contributed by atoms with Crippen molar-refractivity contribution >= 4 is 0 Å². The molecule has 0 radical (unpaired) electrons. The van der Waals surface area contributed by atoms with Gasteiger partial charge in [0.05, 0.1) is 6.10 Å². The SMILES string of the molecule is [NH3+][C@H]1[C@H](O)[C@@H](O)[C@@H](O)C[C@@H]1[NH3+]. The number of hydrogen-bond acceptors (Lipinski definition) is 3. The van der Waals surface area contributed by atoms with Gasteiger partial charge in [-0.05, 0) is 0 Å². The predicted molar refractivity (Wildman–Crippen MR) is 36.0 cm³/mol. The average molecular weight is 164 g/mol. The minimum atomic E-state index is -1.06. The van der Waals surface area contributed by atoms with Crippen molar-refractivity contribution in [2.75, 3.05) is 0 Å². The number of rotatable bonds is 0. The molecule has 1 aliphatic rings. The lowest BCUT2D eigenvalue weighted by Crippen LogP contribution is -2.86. The van der Waals surface area contributed by atoms with Gasteiger partial charge in [0.1, 0.15) is 18.2 Å². The minimum Gasteiger partial charge on any atom is -0.390 e. The molecule has 0 spiro atoms. The van der Waals surface area contributed by atoms with Crippen LogP contribution in [0.4, 0.5) is 0 Å². The fourth-order valence-electron chi connectivity index (χ4n) is 1.38. The van der Waals surface area contributed by atoms with Crippen LogP contribution >= 0.6 is 0 Å². The van der Waals surface area contributed by atoms with E-state index in [2.05, 4.69) is 11.5 Å². The van der Waals surface area contributed by atoms with Crippen LogP contribution in [0, 0.1) is 0 Å². The zero-order chi connectivity index (χ0) is 8.59. The largest absolute Gasteiger partial charge is 0.390 e. The van der Waals surface area contributed by atoms with Crippen LogP contribution in [0.3, 0.4) is 0 Å². The molecule has 5 atom stereocenters. The van der Waals surface area contributed by atoms with Crippen molar-refractivity contribution in [3.63, 3.8) is 0 Å². The van der Waals surface area contributed by atoms with Gasteiger partial charge in [-0.1, -0.05) is 0 Å². The second-order valence-electron chi connectivity index (χ2n) is 3.21. The van der Waals surface area contributed by atoms with Gasteiger partial charge in [-0.3, -0.25) is 0 Å². The van der Waals surface area contributed by atoms with E-state index in [4.69, 9.17) is 10.2 Å². The molecule has 0 aliphatic heterocycles. The summed E-state index contributed by atoms with van der Waals surface area (Å²) < 4.78 is 0. The summed E-state index contributed by atoms with van der Waals surface area (Å²) >= 11 is 0. The van der Waals surface area contributed by atoms with Gasteiger partial charge in [0.2, 0.25) is 0 Å². The third-order valence-corrected chi connectivity index (χ3v) is 2.33. The first kappa shape index (κ1) is 8.89. The van der Waals surface area contributed by atoms with E-state index in [0.29, 0.717) is 6.42 Å². The summed E-state index contributed by atoms with van der Waals surface area (Å²) in [7, 11) is 0. The molecule has 9 N–H and O–H groups in total.